The van der Waals surface area contributed by atoms with Crippen LogP contribution in [0.25, 0.3) is 0 Å². The maximum absolute atomic E-state index is 13.8. The first-order chi connectivity index (χ1) is 19.2. The number of rotatable bonds is 7. The lowest BCUT2D eigenvalue weighted by molar-refractivity contribution is -0.128. The molecule has 212 valence electrons. The molecule has 4 rings (SSSR count). The average Bonchev–Trinajstić information content (AvgIpc) is 2.97. The number of benzene rings is 3. The van der Waals surface area contributed by atoms with Crippen molar-refractivity contribution in [2.75, 3.05) is 48.3 Å². The largest absolute Gasteiger partial charge is 0.366 e. The van der Waals surface area contributed by atoms with Crippen molar-refractivity contribution < 1.29 is 33.4 Å². The molecular weight excluding hydrogens is 590 g/mol. The van der Waals surface area contributed by atoms with Crippen molar-refractivity contribution in [3.63, 3.8) is 0 Å². The summed E-state index contributed by atoms with van der Waals surface area (Å²) in [6.45, 7) is 1.66. The van der Waals surface area contributed by atoms with E-state index in [9.17, 15) is 23.2 Å². The van der Waals surface area contributed by atoms with Crippen LogP contribution in [-0.4, -0.2) is 70.9 Å². The highest BCUT2D eigenvalue weighted by Gasteiger charge is 2.23. The molecule has 1 aliphatic heterocycles. The summed E-state index contributed by atoms with van der Waals surface area (Å²) < 4.78 is 27.5. The summed E-state index contributed by atoms with van der Waals surface area (Å²) in [7, 11) is 0. The van der Waals surface area contributed by atoms with Crippen LogP contribution in [0.3, 0.4) is 0 Å². The second-order valence-corrected chi connectivity index (χ2v) is 9.22. The molecule has 3 aromatic rings. The molecule has 3 aromatic carbocycles. The molecule has 1 aliphatic rings. The molecule has 12 heteroatoms. The van der Waals surface area contributed by atoms with Crippen LogP contribution in [0.4, 0.5) is 20.2 Å². The van der Waals surface area contributed by atoms with Gasteiger partial charge in [-0.05, 0) is 30.3 Å². The van der Waals surface area contributed by atoms with Gasteiger partial charge in [0.1, 0.15) is 11.6 Å². The normalized spacial score (nSPS) is 12.8. The van der Waals surface area contributed by atoms with Crippen LogP contribution in [0.15, 0.2) is 72.8 Å². The van der Waals surface area contributed by atoms with E-state index < -0.39 is 36.3 Å². The number of piperazine rings is 1. The molecule has 1 heterocycles. The number of amides is 3. The fourth-order valence-electron chi connectivity index (χ4n) is 3.89. The zero-order valence-corrected chi connectivity index (χ0v) is 23.0. The van der Waals surface area contributed by atoms with Crippen molar-refractivity contribution in [3.8, 4) is 0 Å². The number of nitrogens with one attached hydrogen (secondary N) is 2. The number of hydrogen-bond acceptors (Lipinski definition) is 6. The molecule has 0 aliphatic carbocycles. The highest BCUT2D eigenvalue weighted by molar-refractivity contribution is 9.09. The van der Waals surface area contributed by atoms with Crippen LogP contribution >= 0.6 is 15.9 Å². The van der Waals surface area contributed by atoms with Crippen LogP contribution < -0.4 is 15.5 Å². The van der Waals surface area contributed by atoms with Gasteiger partial charge >= 0.3 is 0 Å². The Labute approximate surface area is 238 Å². The van der Waals surface area contributed by atoms with Gasteiger partial charge in [0, 0.05) is 31.7 Å². The van der Waals surface area contributed by atoms with Crippen LogP contribution in [0.5, 0.6) is 0 Å². The first-order valence-electron chi connectivity index (χ1n) is 12.3. The topological polar surface area (TPSA) is 122 Å². The summed E-state index contributed by atoms with van der Waals surface area (Å²) in [4.78, 5) is 39.9. The van der Waals surface area contributed by atoms with E-state index in [1.54, 1.807) is 35.2 Å². The van der Waals surface area contributed by atoms with E-state index in [0.717, 1.165) is 6.07 Å². The Balaban J connectivity index is 0.000000415. The van der Waals surface area contributed by atoms with Gasteiger partial charge in [-0.2, -0.15) is 0 Å². The average molecular weight is 619 g/mol. The van der Waals surface area contributed by atoms with E-state index in [-0.39, 0.29) is 22.5 Å². The van der Waals surface area contributed by atoms with E-state index in [4.69, 9.17) is 10.2 Å². The number of aliphatic hydroxyl groups is 2. The number of alkyl halides is 1. The summed E-state index contributed by atoms with van der Waals surface area (Å²) in [6, 6.07) is 18.1. The van der Waals surface area contributed by atoms with Gasteiger partial charge in [0.2, 0.25) is 11.8 Å². The van der Waals surface area contributed by atoms with Crippen molar-refractivity contribution in [2.24, 2.45) is 0 Å². The smallest absolute Gasteiger partial charge is 0.254 e. The molecule has 0 atom stereocenters. The molecular formula is C28H29BrF2N4O5. The number of carbonyl (C=O) groups excluding carboxylic acids is 3. The van der Waals surface area contributed by atoms with Crippen molar-refractivity contribution in [3.05, 3.63) is 95.6 Å². The zero-order valence-electron chi connectivity index (χ0n) is 21.4. The third kappa shape index (κ3) is 8.83. The molecule has 0 unspecified atom stereocenters. The molecule has 1 fully saturated rings. The van der Waals surface area contributed by atoms with Crippen LogP contribution in [-0.2, 0) is 9.59 Å². The Kier molecular flexibility index (Phi) is 11.5. The fraction of sp³-hybridized carbons (Fsp3) is 0.250. The Hall–Kier alpha value is -3.87. The van der Waals surface area contributed by atoms with Crippen molar-refractivity contribution in [1.29, 1.82) is 0 Å². The predicted molar refractivity (Wildman–Crippen MR) is 150 cm³/mol. The SMILES string of the molecule is O=C(CNC(=O)c1ccccc1F)Nc1cc(F)ccc1N1CCN(C(=O)CBr)CC1.OC(O)c1ccccc1. The summed E-state index contributed by atoms with van der Waals surface area (Å²) in [5, 5.41) is 22.4. The van der Waals surface area contributed by atoms with E-state index in [0.29, 0.717) is 37.4 Å². The minimum atomic E-state index is -1.34. The lowest BCUT2D eigenvalue weighted by atomic mass is 10.2. The lowest BCUT2D eigenvalue weighted by Crippen LogP contribution is -2.49. The number of carbonyl (C=O) groups is 3. The first-order valence-corrected chi connectivity index (χ1v) is 13.4. The molecule has 0 spiro atoms. The Morgan fingerprint density at radius 3 is 2.15 bits per heavy atom. The highest BCUT2D eigenvalue weighted by atomic mass is 79.9. The predicted octanol–water partition coefficient (Wildman–Crippen LogP) is 3.05. The number of hydrogen-bond donors (Lipinski definition) is 4. The first kappa shape index (κ1) is 30.7. The lowest BCUT2D eigenvalue weighted by Gasteiger charge is -2.36. The standard InChI is InChI=1S/C21H21BrF2N4O3.C7H8O2/c22-12-20(30)28-9-7-27(8-10-28)18-6-5-14(23)11-17(18)26-19(29)13-25-21(31)15-3-1-2-4-16(15)24;8-7(9)6-4-2-1-3-5-6/h1-6,11H,7-10,12-13H2,(H,25,31)(H,26,29);1-5,7-9H. The minimum absolute atomic E-state index is 0.00197. The van der Waals surface area contributed by atoms with E-state index in [1.807, 2.05) is 11.0 Å². The maximum atomic E-state index is 13.8. The van der Waals surface area contributed by atoms with Gasteiger partial charge in [-0.1, -0.05) is 58.4 Å². The van der Waals surface area contributed by atoms with Crippen LogP contribution in [0.2, 0.25) is 0 Å². The van der Waals surface area contributed by atoms with Gasteiger partial charge in [0.05, 0.1) is 28.8 Å². The van der Waals surface area contributed by atoms with Crippen molar-refractivity contribution >= 4 is 45.0 Å². The van der Waals surface area contributed by atoms with E-state index >= 15 is 0 Å². The molecule has 40 heavy (non-hydrogen) atoms. The maximum Gasteiger partial charge on any atom is 0.254 e. The number of halogens is 3. The Morgan fingerprint density at radius 2 is 1.55 bits per heavy atom. The molecule has 9 nitrogen and oxygen atoms in total. The third-order valence-corrected chi connectivity index (χ3v) is 6.43. The van der Waals surface area contributed by atoms with E-state index in [2.05, 4.69) is 26.6 Å². The minimum Gasteiger partial charge on any atom is -0.366 e. The van der Waals surface area contributed by atoms with Gasteiger partial charge in [0.25, 0.3) is 5.91 Å². The molecule has 1 saturated heterocycles. The number of nitrogens with zero attached hydrogens (tertiary/aromatic N) is 2. The monoisotopic (exact) mass is 618 g/mol. The Bertz CT molecular complexity index is 1300. The molecule has 4 N–H and O–H groups in total. The summed E-state index contributed by atoms with van der Waals surface area (Å²) in [5.41, 5.74) is 1.22. The quantitative estimate of drug-likeness (QED) is 0.238. The molecule has 0 radical (unpaired) electrons. The Morgan fingerprint density at radius 1 is 0.900 bits per heavy atom. The second kappa shape index (κ2) is 15.1. The van der Waals surface area contributed by atoms with Crippen molar-refractivity contribution in [1.82, 2.24) is 10.2 Å². The highest BCUT2D eigenvalue weighted by Crippen LogP contribution is 2.28. The van der Waals surface area contributed by atoms with Gasteiger partial charge in [-0.15, -0.1) is 0 Å². The second-order valence-electron chi connectivity index (χ2n) is 8.66. The van der Waals surface area contributed by atoms with Crippen LogP contribution in [0.1, 0.15) is 22.2 Å². The molecule has 0 aromatic heterocycles. The van der Waals surface area contributed by atoms with Crippen LogP contribution in [0, 0.1) is 11.6 Å². The third-order valence-electron chi connectivity index (χ3n) is 5.95. The van der Waals surface area contributed by atoms with Gasteiger partial charge in [0.15, 0.2) is 6.29 Å². The summed E-state index contributed by atoms with van der Waals surface area (Å²) in [6.07, 6.45) is -1.34. The molecule has 3 amide bonds. The summed E-state index contributed by atoms with van der Waals surface area (Å²) in [5.74, 6) is -2.52. The van der Waals surface area contributed by atoms with Gasteiger partial charge < -0.3 is 30.6 Å². The molecule has 0 saturated carbocycles. The number of aliphatic hydroxyl groups excluding tert-OH is 1. The number of anilines is 2. The van der Waals surface area contributed by atoms with E-state index in [1.165, 1.54) is 30.3 Å². The zero-order chi connectivity index (χ0) is 29.1. The molecule has 0 bridgehead atoms. The summed E-state index contributed by atoms with van der Waals surface area (Å²) >= 11 is 3.16. The van der Waals surface area contributed by atoms with Gasteiger partial charge in [-0.25, -0.2) is 8.78 Å². The van der Waals surface area contributed by atoms with Crippen molar-refractivity contribution in [2.45, 2.75) is 6.29 Å². The van der Waals surface area contributed by atoms with Gasteiger partial charge in [-0.3, -0.25) is 14.4 Å². The fourth-order valence-corrected chi connectivity index (χ4v) is 4.24.